The van der Waals surface area contributed by atoms with Crippen molar-refractivity contribution in [2.24, 2.45) is 5.73 Å². The largest absolute Gasteiger partial charge is 0.480 e. The van der Waals surface area contributed by atoms with Gasteiger partial charge in [0.1, 0.15) is 6.04 Å². The number of carbonyl (C=O) groups excluding carboxylic acids is 1. The number of nitrogens with zero attached hydrogens (tertiary/aromatic N) is 1. The molecule has 2 atom stereocenters. The molecule has 1 aromatic rings. The van der Waals surface area contributed by atoms with E-state index in [0.717, 1.165) is 12.1 Å². The summed E-state index contributed by atoms with van der Waals surface area (Å²) in [5.41, 5.74) is 4.26. The van der Waals surface area contributed by atoms with Crippen molar-refractivity contribution in [2.45, 2.75) is 18.6 Å². The highest BCUT2D eigenvalue weighted by molar-refractivity contribution is 5.84. The molecule has 118 valence electrons. The average molecular weight is 312 g/mol. The molecule has 0 aliphatic rings. The van der Waals surface area contributed by atoms with Gasteiger partial charge in [-0.25, -0.2) is 4.79 Å². The predicted octanol–water partition coefficient (Wildman–Crippen LogP) is 0.0657. The maximum absolute atomic E-state index is 11.5. The van der Waals surface area contributed by atoms with Crippen LogP contribution in [-0.2, 0) is 19.1 Å². The minimum absolute atomic E-state index is 0.336. The standard InChI is InChI=1S/C12H12N2O8/c13-7(11(16)17)5-9(15)22-10(12(18)19)6-3-1-2-4-8(6)14(20)21/h1-4,7,10H,5,13H2,(H,16,17)(H,18,19)/t7-,10?/m0/s1. The second-order valence-corrected chi connectivity index (χ2v) is 4.17. The molecular weight excluding hydrogens is 300 g/mol. The lowest BCUT2D eigenvalue weighted by Crippen LogP contribution is -2.34. The molecule has 0 saturated carbocycles. The maximum Gasteiger partial charge on any atom is 0.350 e. The third kappa shape index (κ3) is 4.24. The Morgan fingerprint density at radius 2 is 1.82 bits per heavy atom. The molecule has 22 heavy (non-hydrogen) atoms. The molecule has 1 aromatic carbocycles. The molecule has 0 amide bonds. The second-order valence-electron chi connectivity index (χ2n) is 4.17. The third-order valence-electron chi connectivity index (χ3n) is 2.59. The van der Waals surface area contributed by atoms with Crippen LogP contribution in [0.25, 0.3) is 0 Å². The van der Waals surface area contributed by atoms with Crippen molar-refractivity contribution >= 4 is 23.6 Å². The van der Waals surface area contributed by atoms with Crippen LogP contribution in [0.4, 0.5) is 5.69 Å². The molecule has 10 nitrogen and oxygen atoms in total. The van der Waals surface area contributed by atoms with Crippen LogP contribution in [0.1, 0.15) is 18.1 Å². The Bertz CT molecular complexity index is 615. The van der Waals surface area contributed by atoms with E-state index in [2.05, 4.69) is 4.74 Å². The lowest BCUT2D eigenvalue weighted by Gasteiger charge is -2.15. The van der Waals surface area contributed by atoms with Crippen LogP contribution < -0.4 is 5.73 Å². The van der Waals surface area contributed by atoms with Crippen molar-refractivity contribution < 1.29 is 34.3 Å². The van der Waals surface area contributed by atoms with Crippen LogP contribution in [0, 0.1) is 10.1 Å². The molecule has 4 N–H and O–H groups in total. The van der Waals surface area contributed by atoms with Crippen LogP contribution >= 0.6 is 0 Å². The number of esters is 1. The van der Waals surface area contributed by atoms with Gasteiger partial charge in [0.2, 0.25) is 6.10 Å². The highest BCUT2D eigenvalue weighted by atomic mass is 16.6. The number of nitrogens with two attached hydrogens (primary N) is 1. The fourth-order valence-electron chi connectivity index (χ4n) is 1.57. The van der Waals surface area contributed by atoms with Crippen LogP contribution in [-0.4, -0.2) is 39.1 Å². The summed E-state index contributed by atoms with van der Waals surface area (Å²) in [6.45, 7) is 0. The van der Waals surface area contributed by atoms with Crippen LogP contribution in [0.3, 0.4) is 0 Å². The number of hydrogen-bond donors (Lipinski definition) is 3. The van der Waals surface area contributed by atoms with Crippen molar-refractivity contribution in [1.29, 1.82) is 0 Å². The number of benzene rings is 1. The van der Waals surface area contributed by atoms with Crippen molar-refractivity contribution in [1.82, 2.24) is 0 Å². The summed E-state index contributed by atoms with van der Waals surface area (Å²) in [5.74, 6) is -4.29. The van der Waals surface area contributed by atoms with E-state index < -0.39 is 47.1 Å². The molecule has 10 heteroatoms. The molecular formula is C12H12N2O8. The summed E-state index contributed by atoms with van der Waals surface area (Å²) < 4.78 is 4.62. The molecule has 1 rings (SSSR count). The number of ether oxygens (including phenoxy) is 1. The highest BCUT2D eigenvalue weighted by Gasteiger charge is 2.31. The van der Waals surface area contributed by atoms with Gasteiger partial charge in [0, 0.05) is 6.07 Å². The highest BCUT2D eigenvalue weighted by Crippen LogP contribution is 2.28. The summed E-state index contributed by atoms with van der Waals surface area (Å²) in [4.78, 5) is 43.3. The van der Waals surface area contributed by atoms with E-state index in [0.29, 0.717) is 0 Å². The van der Waals surface area contributed by atoms with E-state index in [4.69, 9.17) is 15.9 Å². The minimum atomic E-state index is -1.94. The Balaban J connectivity index is 3.01. The van der Waals surface area contributed by atoms with Gasteiger partial charge in [0.05, 0.1) is 16.9 Å². The number of nitro benzene ring substituents is 1. The van der Waals surface area contributed by atoms with Crippen molar-refractivity contribution in [2.75, 3.05) is 0 Å². The Morgan fingerprint density at radius 3 is 2.32 bits per heavy atom. The van der Waals surface area contributed by atoms with Gasteiger partial charge in [-0.3, -0.25) is 19.7 Å². The number of rotatable bonds is 7. The molecule has 0 radical (unpaired) electrons. The Kier molecular flexibility index (Phi) is 5.52. The molecule has 1 unspecified atom stereocenters. The normalized spacial score (nSPS) is 13.0. The van der Waals surface area contributed by atoms with E-state index in [1.54, 1.807) is 0 Å². The van der Waals surface area contributed by atoms with E-state index >= 15 is 0 Å². The molecule has 0 bridgehead atoms. The van der Waals surface area contributed by atoms with Crippen molar-refractivity contribution in [3.05, 3.63) is 39.9 Å². The number of carboxylic acid groups (broad SMARTS) is 2. The molecule has 0 fully saturated rings. The SMILES string of the molecule is N[C@@H](CC(=O)OC(C(=O)O)c1ccccc1[N+](=O)[O-])C(=O)O. The number of hydrogen-bond acceptors (Lipinski definition) is 7. The first-order valence-electron chi connectivity index (χ1n) is 5.88. The monoisotopic (exact) mass is 312 g/mol. The first-order valence-corrected chi connectivity index (χ1v) is 5.88. The maximum atomic E-state index is 11.5. The quantitative estimate of drug-likeness (QED) is 0.358. The second kappa shape index (κ2) is 7.13. The van der Waals surface area contributed by atoms with Gasteiger partial charge in [-0.05, 0) is 6.07 Å². The summed E-state index contributed by atoms with van der Waals surface area (Å²) in [5, 5.41) is 28.5. The van der Waals surface area contributed by atoms with Gasteiger partial charge in [-0.1, -0.05) is 12.1 Å². The topological polar surface area (TPSA) is 170 Å². The van der Waals surface area contributed by atoms with E-state index in [1.807, 2.05) is 0 Å². The molecule has 0 aliphatic heterocycles. The first-order chi connectivity index (χ1) is 10.2. The molecule has 0 spiro atoms. The Labute approximate surface area is 123 Å². The number of carbonyl (C=O) groups is 3. The van der Waals surface area contributed by atoms with Gasteiger partial charge in [-0.15, -0.1) is 0 Å². The van der Waals surface area contributed by atoms with Gasteiger partial charge < -0.3 is 20.7 Å². The lowest BCUT2D eigenvalue weighted by atomic mass is 10.1. The zero-order valence-electron chi connectivity index (χ0n) is 11.0. The lowest BCUT2D eigenvalue weighted by molar-refractivity contribution is -0.386. The van der Waals surface area contributed by atoms with E-state index in [1.165, 1.54) is 12.1 Å². The summed E-state index contributed by atoms with van der Waals surface area (Å²) >= 11 is 0. The van der Waals surface area contributed by atoms with Crippen LogP contribution in [0.5, 0.6) is 0 Å². The Morgan fingerprint density at radius 1 is 1.23 bits per heavy atom. The summed E-state index contributed by atoms with van der Waals surface area (Å²) in [7, 11) is 0. The molecule has 0 aliphatic carbocycles. The molecule has 0 aromatic heterocycles. The average Bonchev–Trinajstić information content (AvgIpc) is 2.44. The predicted molar refractivity (Wildman–Crippen MR) is 69.8 cm³/mol. The van der Waals surface area contributed by atoms with Gasteiger partial charge in [0.25, 0.3) is 5.69 Å². The zero-order chi connectivity index (χ0) is 16.9. The minimum Gasteiger partial charge on any atom is -0.480 e. The number of nitro groups is 1. The summed E-state index contributed by atoms with van der Waals surface area (Å²) in [6, 6.07) is 3.29. The van der Waals surface area contributed by atoms with E-state index in [9.17, 15) is 24.5 Å². The van der Waals surface area contributed by atoms with Crippen LogP contribution in [0.2, 0.25) is 0 Å². The van der Waals surface area contributed by atoms with Gasteiger partial charge in [-0.2, -0.15) is 0 Å². The fourth-order valence-corrected chi connectivity index (χ4v) is 1.57. The Hall–Kier alpha value is -3.01. The summed E-state index contributed by atoms with van der Waals surface area (Å²) in [6.07, 6.45) is -2.70. The van der Waals surface area contributed by atoms with Crippen LogP contribution in [0.15, 0.2) is 24.3 Å². The number of aliphatic carboxylic acids is 2. The van der Waals surface area contributed by atoms with E-state index in [-0.39, 0.29) is 5.56 Å². The van der Waals surface area contributed by atoms with Crippen molar-refractivity contribution in [3.63, 3.8) is 0 Å². The smallest absolute Gasteiger partial charge is 0.350 e. The fraction of sp³-hybridized carbons (Fsp3) is 0.250. The first kappa shape index (κ1) is 17.0. The number of carboxylic acids is 2. The third-order valence-corrected chi connectivity index (χ3v) is 2.59. The molecule has 0 heterocycles. The van der Waals surface area contributed by atoms with Gasteiger partial charge in [0.15, 0.2) is 0 Å². The van der Waals surface area contributed by atoms with Crippen molar-refractivity contribution in [3.8, 4) is 0 Å². The number of para-hydroxylation sites is 1. The molecule has 0 saturated heterocycles. The van der Waals surface area contributed by atoms with Gasteiger partial charge >= 0.3 is 17.9 Å². The zero-order valence-corrected chi connectivity index (χ0v) is 11.0.